The number of benzene rings is 2. The molecule has 1 heterocycles. The van der Waals surface area contributed by atoms with Crippen LogP contribution in [0.5, 0.6) is 0 Å². The van der Waals surface area contributed by atoms with Crippen LogP contribution in [0, 0.1) is 11.6 Å². The van der Waals surface area contributed by atoms with Gasteiger partial charge in [0.25, 0.3) is 0 Å². The molecule has 2 unspecified atom stereocenters. The maximum Gasteiger partial charge on any atom is 0.184 e. The molecule has 1 saturated heterocycles. The Bertz CT molecular complexity index is 811. The standard InChI is InChI=1S/C11H11F3O2.C9H7F3O/c12-6-9(14)10-7(2-1-3-8(10)13)11-15-4-5-16-11;10-4-8(12)9-6(5-13)2-1-3-7(9)11/h1-3,9,11H,4-6H2;1-3,5,8H,4H2. The molecule has 29 heavy (non-hydrogen) atoms. The topological polar surface area (TPSA) is 35.5 Å². The molecule has 1 aliphatic heterocycles. The highest BCUT2D eigenvalue weighted by Crippen LogP contribution is 2.33. The number of hydrogen-bond acceptors (Lipinski definition) is 3. The first-order valence-corrected chi connectivity index (χ1v) is 8.59. The van der Waals surface area contributed by atoms with Crippen molar-refractivity contribution in [2.75, 3.05) is 26.6 Å². The lowest BCUT2D eigenvalue weighted by Crippen LogP contribution is -2.08. The van der Waals surface area contributed by atoms with Crippen LogP contribution in [0.25, 0.3) is 0 Å². The molecule has 1 fully saturated rings. The van der Waals surface area contributed by atoms with Gasteiger partial charge >= 0.3 is 0 Å². The molecule has 0 amide bonds. The Hall–Kier alpha value is -2.39. The van der Waals surface area contributed by atoms with Crippen LogP contribution >= 0.6 is 0 Å². The summed E-state index contributed by atoms with van der Waals surface area (Å²) in [4.78, 5) is 10.3. The number of ether oxygens (including phenoxy) is 2. The summed E-state index contributed by atoms with van der Waals surface area (Å²) in [6, 6.07) is 7.50. The molecule has 0 radical (unpaired) electrons. The van der Waals surface area contributed by atoms with E-state index in [4.69, 9.17) is 9.47 Å². The average Bonchev–Trinajstić information content (AvgIpc) is 3.27. The summed E-state index contributed by atoms with van der Waals surface area (Å²) >= 11 is 0. The van der Waals surface area contributed by atoms with E-state index in [1.807, 2.05) is 0 Å². The van der Waals surface area contributed by atoms with E-state index in [0.717, 1.165) is 12.1 Å². The number of carbonyl (C=O) groups is 1. The second-order valence-corrected chi connectivity index (χ2v) is 5.92. The summed E-state index contributed by atoms with van der Waals surface area (Å²) < 4.78 is 87.0. The molecule has 1 aliphatic rings. The zero-order valence-electron chi connectivity index (χ0n) is 15.1. The van der Waals surface area contributed by atoms with Gasteiger partial charge in [-0.1, -0.05) is 24.3 Å². The lowest BCUT2D eigenvalue weighted by molar-refractivity contribution is -0.0458. The van der Waals surface area contributed by atoms with Gasteiger partial charge in [0, 0.05) is 22.3 Å². The molecule has 3 nitrogen and oxygen atoms in total. The first-order chi connectivity index (χ1) is 13.9. The lowest BCUT2D eigenvalue weighted by atomic mass is 10.0. The van der Waals surface area contributed by atoms with Crippen LogP contribution in [0.1, 0.15) is 45.7 Å². The van der Waals surface area contributed by atoms with Crippen LogP contribution < -0.4 is 0 Å². The highest BCUT2D eigenvalue weighted by atomic mass is 19.2. The molecule has 0 saturated carbocycles. The number of aldehydes is 1. The van der Waals surface area contributed by atoms with Crippen molar-refractivity contribution in [3.8, 4) is 0 Å². The Balaban J connectivity index is 0.000000212. The van der Waals surface area contributed by atoms with Crippen molar-refractivity contribution in [3.05, 3.63) is 70.3 Å². The van der Waals surface area contributed by atoms with Crippen LogP contribution in [-0.2, 0) is 9.47 Å². The molecule has 0 N–H and O–H groups in total. The molecule has 3 rings (SSSR count). The van der Waals surface area contributed by atoms with E-state index in [2.05, 4.69) is 0 Å². The van der Waals surface area contributed by atoms with Crippen LogP contribution in [0.3, 0.4) is 0 Å². The van der Waals surface area contributed by atoms with Crippen LogP contribution in [0.4, 0.5) is 26.3 Å². The van der Waals surface area contributed by atoms with E-state index >= 15 is 0 Å². The highest BCUT2D eigenvalue weighted by Gasteiger charge is 2.27. The molecule has 2 atom stereocenters. The quantitative estimate of drug-likeness (QED) is 0.459. The Labute approximate surface area is 163 Å². The first kappa shape index (κ1) is 22.9. The summed E-state index contributed by atoms with van der Waals surface area (Å²) in [6.45, 7) is -1.86. The zero-order valence-corrected chi connectivity index (χ0v) is 15.1. The van der Waals surface area contributed by atoms with Crippen molar-refractivity contribution in [1.82, 2.24) is 0 Å². The van der Waals surface area contributed by atoms with Gasteiger partial charge in [0.15, 0.2) is 24.9 Å². The minimum absolute atomic E-state index is 0.148. The maximum absolute atomic E-state index is 13.4. The van der Waals surface area contributed by atoms with Crippen molar-refractivity contribution in [2.45, 2.75) is 18.6 Å². The predicted octanol–water partition coefficient (Wildman–Crippen LogP) is 5.47. The van der Waals surface area contributed by atoms with Crippen molar-refractivity contribution >= 4 is 6.29 Å². The van der Waals surface area contributed by atoms with Gasteiger partial charge in [0.1, 0.15) is 25.0 Å². The maximum atomic E-state index is 13.4. The van der Waals surface area contributed by atoms with Gasteiger partial charge in [-0.3, -0.25) is 4.79 Å². The van der Waals surface area contributed by atoms with Gasteiger partial charge in [-0.2, -0.15) is 0 Å². The zero-order chi connectivity index (χ0) is 21.4. The smallest absolute Gasteiger partial charge is 0.184 e. The molecule has 0 aliphatic carbocycles. The molecule has 0 spiro atoms. The van der Waals surface area contributed by atoms with Crippen LogP contribution in [-0.4, -0.2) is 32.8 Å². The molecule has 0 aromatic heterocycles. The monoisotopic (exact) mass is 420 g/mol. The Morgan fingerprint density at radius 3 is 1.97 bits per heavy atom. The normalized spacial score (nSPS) is 16.1. The van der Waals surface area contributed by atoms with Gasteiger partial charge in [-0.25, -0.2) is 26.3 Å². The molecule has 2 aromatic carbocycles. The van der Waals surface area contributed by atoms with Crippen molar-refractivity contribution in [1.29, 1.82) is 0 Å². The summed E-state index contributed by atoms with van der Waals surface area (Å²) in [5, 5.41) is 0. The SMILES string of the molecule is FCC(F)c1c(F)cccc1C1OCCO1.O=Cc1cccc(F)c1C(F)CF. The van der Waals surface area contributed by atoms with Crippen LogP contribution in [0.15, 0.2) is 36.4 Å². The third kappa shape index (κ3) is 5.57. The van der Waals surface area contributed by atoms with Gasteiger partial charge in [-0.05, 0) is 12.1 Å². The molecule has 9 heteroatoms. The summed E-state index contributed by atoms with van der Waals surface area (Å²) in [6.07, 6.45) is -4.54. The first-order valence-electron chi connectivity index (χ1n) is 8.59. The predicted molar refractivity (Wildman–Crippen MR) is 92.5 cm³/mol. The third-order valence-electron chi connectivity index (χ3n) is 4.07. The van der Waals surface area contributed by atoms with E-state index in [1.165, 1.54) is 24.3 Å². The summed E-state index contributed by atoms with van der Waals surface area (Å²) in [5.74, 6) is -1.67. The molecule has 158 valence electrons. The van der Waals surface area contributed by atoms with E-state index < -0.39 is 49.2 Å². The number of hydrogen-bond donors (Lipinski definition) is 0. The van der Waals surface area contributed by atoms with Gasteiger partial charge in [0.2, 0.25) is 0 Å². The molecular weight excluding hydrogens is 402 g/mol. The van der Waals surface area contributed by atoms with Crippen LogP contribution in [0.2, 0.25) is 0 Å². The Morgan fingerprint density at radius 1 is 0.897 bits per heavy atom. The van der Waals surface area contributed by atoms with E-state index in [9.17, 15) is 31.1 Å². The minimum Gasteiger partial charge on any atom is -0.346 e. The van der Waals surface area contributed by atoms with Gasteiger partial charge in [0.05, 0.1) is 13.2 Å². The Kier molecular flexibility index (Phi) is 8.66. The van der Waals surface area contributed by atoms with E-state index in [1.54, 1.807) is 0 Å². The fraction of sp³-hybridized carbons (Fsp3) is 0.350. The molecule has 2 aromatic rings. The fourth-order valence-corrected chi connectivity index (χ4v) is 2.77. The van der Waals surface area contributed by atoms with E-state index in [-0.39, 0.29) is 16.7 Å². The van der Waals surface area contributed by atoms with Crippen molar-refractivity contribution < 1.29 is 40.6 Å². The molecular formula is C20H18F6O3. The highest BCUT2D eigenvalue weighted by molar-refractivity contribution is 5.77. The molecule has 0 bridgehead atoms. The second-order valence-electron chi connectivity index (χ2n) is 5.92. The van der Waals surface area contributed by atoms with Gasteiger partial charge < -0.3 is 9.47 Å². The average molecular weight is 420 g/mol. The number of carbonyl (C=O) groups excluding carboxylic acids is 1. The van der Waals surface area contributed by atoms with Crippen molar-refractivity contribution in [3.63, 3.8) is 0 Å². The van der Waals surface area contributed by atoms with Gasteiger partial charge in [-0.15, -0.1) is 0 Å². The number of rotatable bonds is 6. The lowest BCUT2D eigenvalue weighted by Gasteiger charge is -2.16. The minimum atomic E-state index is -2.07. The largest absolute Gasteiger partial charge is 0.346 e. The van der Waals surface area contributed by atoms with E-state index in [0.29, 0.717) is 19.5 Å². The third-order valence-corrected chi connectivity index (χ3v) is 4.07. The number of halogens is 6. The van der Waals surface area contributed by atoms with Crippen molar-refractivity contribution in [2.24, 2.45) is 0 Å². The number of alkyl halides is 4. The summed E-state index contributed by atoms with van der Waals surface area (Å²) in [5.41, 5.74) is -0.732. The fourth-order valence-electron chi connectivity index (χ4n) is 2.77. The Morgan fingerprint density at radius 2 is 1.41 bits per heavy atom. The second kappa shape index (κ2) is 11.0. The summed E-state index contributed by atoms with van der Waals surface area (Å²) in [7, 11) is 0.